The van der Waals surface area contributed by atoms with Crippen LogP contribution in [0.5, 0.6) is 0 Å². The number of anilines is 7. The molecule has 0 aromatic heterocycles. The number of benzene rings is 11. The van der Waals surface area contributed by atoms with E-state index in [0.29, 0.717) is 0 Å². The smallest absolute Gasteiger partial charge is 0.252 e. The molecule has 2 aliphatic rings. The molecule has 2 aliphatic heterocycles. The quantitative estimate of drug-likeness (QED) is 0.138. The Morgan fingerprint density at radius 2 is 0.616 bits per heavy atom. The van der Waals surface area contributed by atoms with Crippen molar-refractivity contribution in [2.45, 2.75) is 19.9 Å². The Morgan fingerprint density at radius 1 is 0.301 bits per heavy atom. The molecule has 0 saturated heterocycles. The highest BCUT2D eigenvalue weighted by Gasteiger charge is 2.45. The SMILES string of the molecule is CC(C)Nc1cc2c3c(c1)N(c1c(-c4ccccc4)cccc1-c1ccccc1)c1ccc(-c4ccccc4)cc1B3c1cc(-c3ccccc3)ccc1N2c1c(-c2ccccc2)cccc1-c1ccccc1. The van der Waals surface area contributed by atoms with Crippen LogP contribution in [-0.2, 0) is 0 Å². The maximum Gasteiger partial charge on any atom is 0.252 e. The molecule has 4 heteroatoms. The molecule has 0 atom stereocenters. The fourth-order valence-electron chi connectivity index (χ4n) is 11.5. The molecule has 0 radical (unpaired) electrons. The van der Waals surface area contributed by atoms with Crippen LogP contribution in [0, 0.1) is 0 Å². The third kappa shape index (κ3) is 7.80. The van der Waals surface area contributed by atoms with Crippen molar-refractivity contribution in [1.82, 2.24) is 0 Å². The minimum atomic E-state index is -0.143. The van der Waals surface area contributed by atoms with Gasteiger partial charge in [-0.3, -0.25) is 0 Å². The summed E-state index contributed by atoms with van der Waals surface area (Å²) in [6.07, 6.45) is 0. The highest BCUT2D eigenvalue weighted by Crippen LogP contribution is 2.53. The molecule has 11 aromatic carbocycles. The van der Waals surface area contributed by atoms with E-state index in [0.717, 1.165) is 84.3 Å². The Hall–Kier alpha value is -9.12. The minimum Gasteiger partial charge on any atom is -0.383 e. The van der Waals surface area contributed by atoms with Gasteiger partial charge in [0.05, 0.1) is 11.4 Å². The molecule has 11 aromatic rings. The zero-order valence-corrected chi connectivity index (χ0v) is 41.0. The first-order valence-corrected chi connectivity index (χ1v) is 25.5. The van der Waals surface area contributed by atoms with E-state index >= 15 is 0 Å². The molecule has 3 nitrogen and oxygen atoms in total. The van der Waals surface area contributed by atoms with Gasteiger partial charge in [0.15, 0.2) is 0 Å². The van der Waals surface area contributed by atoms with Gasteiger partial charge in [0, 0.05) is 56.7 Å². The average Bonchev–Trinajstić information content (AvgIpc) is 3.46. The van der Waals surface area contributed by atoms with Crippen molar-refractivity contribution in [1.29, 1.82) is 0 Å². The number of rotatable bonds is 10. The summed E-state index contributed by atoms with van der Waals surface area (Å²) in [5.41, 5.74) is 25.8. The van der Waals surface area contributed by atoms with Gasteiger partial charge in [-0.25, -0.2) is 0 Å². The lowest BCUT2D eigenvalue weighted by molar-refractivity contribution is 0.900. The van der Waals surface area contributed by atoms with Crippen LogP contribution in [0.3, 0.4) is 0 Å². The molecule has 0 unspecified atom stereocenters. The summed E-state index contributed by atoms with van der Waals surface area (Å²) >= 11 is 0. The van der Waals surface area contributed by atoms with Gasteiger partial charge in [-0.05, 0) is 99.0 Å². The van der Waals surface area contributed by atoms with Gasteiger partial charge < -0.3 is 15.1 Å². The summed E-state index contributed by atoms with van der Waals surface area (Å²) in [6, 6.07) is 98.6. The van der Waals surface area contributed by atoms with Gasteiger partial charge in [-0.2, -0.15) is 0 Å². The largest absolute Gasteiger partial charge is 0.383 e. The van der Waals surface area contributed by atoms with Crippen LogP contribution in [0.25, 0.3) is 66.8 Å². The van der Waals surface area contributed by atoms with Crippen molar-refractivity contribution >= 4 is 62.9 Å². The molecular formula is C69H52BN3. The van der Waals surface area contributed by atoms with Gasteiger partial charge in [-0.15, -0.1) is 0 Å². The van der Waals surface area contributed by atoms with Crippen molar-refractivity contribution in [2.75, 3.05) is 15.1 Å². The van der Waals surface area contributed by atoms with E-state index in [-0.39, 0.29) is 12.8 Å². The zero-order valence-electron chi connectivity index (χ0n) is 41.0. The minimum absolute atomic E-state index is 0.143. The summed E-state index contributed by atoms with van der Waals surface area (Å²) in [6.45, 7) is 4.33. The average molecular weight is 934 g/mol. The summed E-state index contributed by atoms with van der Waals surface area (Å²) < 4.78 is 0. The highest BCUT2D eigenvalue weighted by atomic mass is 15.2. The Kier molecular flexibility index (Phi) is 11.2. The first-order chi connectivity index (χ1) is 36.1. The lowest BCUT2D eigenvalue weighted by atomic mass is 9.33. The first-order valence-electron chi connectivity index (χ1n) is 25.5. The summed E-state index contributed by atoms with van der Waals surface area (Å²) in [4.78, 5) is 5.22. The molecule has 346 valence electrons. The maximum absolute atomic E-state index is 3.95. The second-order valence-electron chi connectivity index (χ2n) is 19.5. The summed E-state index contributed by atoms with van der Waals surface area (Å²) in [5, 5.41) is 3.95. The van der Waals surface area contributed by atoms with Crippen LogP contribution in [0.2, 0.25) is 0 Å². The van der Waals surface area contributed by atoms with Gasteiger partial charge >= 0.3 is 0 Å². The summed E-state index contributed by atoms with van der Waals surface area (Å²) in [7, 11) is 0. The molecule has 0 spiro atoms. The Labute approximate surface area is 429 Å². The fourth-order valence-corrected chi connectivity index (χ4v) is 11.5. The molecule has 1 N–H and O–H groups in total. The van der Waals surface area contributed by atoms with Crippen LogP contribution in [0.4, 0.5) is 39.8 Å². The predicted molar refractivity (Wildman–Crippen MR) is 312 cm³/mol. The third-order valence-corrected chi connectivity index (χ3v) is 14.6. The number of nitrogens with zero attached hydrogens (tertiary/aromatic N) is 2. The molecule has 0 amide bonds. The molecule has 0 saturated carbocycles. The lowest BCUT2D eigenvalue weighted by Crippen LogP contribution is -2.61. The Morgan fingerprint density at radius 3 is 0.932 bits per heavy atom. The molecule has 2 heterocycles. The normalized spacial score (nSPS) is 12.3. The van der Waals surface area contributed by atoms with Gasteiger partial charge in [0.2, 0.25) is 0 Å². The Bertz CT molecular complexity index is 3430. The fraction of sp³-hybridized carbons (Fsp3) is 0.0435. The molecular weight excluding hydrogens is 882 g/mol. The topological polar surface area (TPSA) is 18.5 Å². The number of nitrogens with one attached hydrogen (secondary N) is 1. The second-order valence-corrected chi connectivity index (χ2v) is 19.5. The summed E-state index contributed by atoms with van der Waals surface area (Å²) in [5.74, 6) is 0. The molecule has 73 heavy (non-hydrogen) atoms. The highest BCUT2D eigenvalue weighted by molar-refractivity contribution is 7.00. The first kappa shape index (κ1) is 43.9. The molecule has 0 bridgehead atoms. The zero-order chi connectivity index (χ0) is 48.8. The number of fused-ring (bicyclic) bond motifs is 4. The molecule has 0 aliphatic carbocycles. The van der Waals surface area contributed by atoms with E-state index in [9.17, 15) is 0 Å². The van der Waals surface area contributed by atoms with Crippen molar-refractivity contribution in [3.8, 4) is 66.8 Å². The molecule has 13 rings (SSSR count). The van der Waals surface area contributed by atoms with Crippen LogP contribution >= 0.6 is 0 Å². The standard InChI is InChI=1S/C69H52BN3/c1-47(2)71-56-45-65-67-66(46-56)73(69-59(52-31-17-7-18-32-52)37-22-38-60(69)53-33-19-8-20-34-53)64-42-40-55(49-25-11-4-12-26-49)44-62(64)70(67)61-43-54(48-23-9-3-10-24-48)39-41-63(61)72(65)68-57(50-27-13-5-14-28-50)35-21-36-58(68)51-29-15-6-16-30-51/h3-47,71H,1-2H3. The van der Waals surface area contributed by atoms with E-state index in [1.54, 1.807) is 0 Å². The van der Waals surface area contributed by atoms with E-state index in [1.807, 2.05) is 0 Å². The van der Waals surface area contributed by atoms with Crippen molar-refractivity contribution in [3.05, 3.63) is 267 Å². The van der Waals surface area contributed by atoms with Crippen LogP contribution in [-0.4, -0.2) is 12.8 Å². The van der Waals surface area contributed by atoms with Crippen molar-refractivity contribution in [3.63, 3.8) is 0 Å². The molecule has 0 fully saturated rings. The van der Waals surface area contributed by atoms with Gasteiger partial charge in [0.1, 0.15) is 0 Å². The predicted octanol–water partition coefficient (Wildman–Crippen LogP) is 16.6. The van der Waals surface area contributed by atoms with Crippen molar-refractivity contribution in [2.24, 2.45) is 0 Å². The lowest BCUT2D eigenvalue weighted by Gasteiger charge is -2.46. The van der Waals surface area contributed by atoms with E-state index in [4.69, 9.17) is 0 Å². The monoisotopic (exact) mass is 933 g/mol. The number of para-hydroxylation sites is 2. The van der Waals surface area contributed by atoms with Crippen LogP contribution in [0.1, 0.15) is 13.8 Å². The van der Waals surface area contributed by atoms with E-state index in [1.165, 1.54) is 38.6 Å². The van der Waals surface area contributed by atoms with Gasteiger partial charge in [-0.1, -0.05) is 243 Å². The van der Waals surface area contributed by atoms with Gasteiger partial charge in [0.25, 0.3) is 6.71 Å². The van der Waals surface area contributed by atoms with E-state index in [2.05, 4.69) is 296 Å². The number of hydrogen-bond acceptors (Lipinski definition) is 3. The maximum atomic E-state index is 3.95. The Balaban J connectivity index is 1.21. The third-order valence-electron chi connectivity index (χ3n) is 14.6. The second kappa shape index (κ2) is 18.6. The van der Waals surface area contributed by atoms with E-state index < -0.39 is 0 Å². The van der Waals surface area contributed by atoms with Crippen LogP contribution in [0.15, 0.2) is 267 Å². The van der Waals surface area contributed by atoms with Crippen LogP contribution < -0.4 is 31.5 Å². The van der Waals surface area contributed by atoms with Crippen molar-refractivity contribution < 1.29 is 0 Å². The number of hydrogen-bond donors (Lipinski definition) is 1.